The molecular formula is C21H24Cl2N6. The molecular weight excluding hydrogens is 407 g/mol. The molecule has 0 unspecified atom stereocenters. The Morgan fingerprint density at radius 1 is 1.14 bits per heavy atom. The zero-order valence-electron chi connectivity index (χ0n) is 16.2. The Bertz CT molecular complexity index is 1040. The van der Waals surface area contributed by atoms with E-state index in [1.54, 1.807) is 6.07 Å². The number of nitrogens with one attached hydrogen (secondary N) is 1. The van der Waals surface area contributed by atoms with E-state index in [4.69, 9.17) is 33.9 Å². The summed E-state index contributed by atoms with van der Waals surface area (Å²) in [5.74, 6) is 0.868. The van der Waals surface area contributed by atoms with Crippen LogP contribution in [0.25, 0.3) is 22.4 Å². The second-order valence-corrected chi connectivity index (χ2v) is 9.09. The second kappa shape index (κ2) is 7.42. The first-order valence-corrected chi connectivity index (χ1v) is 11.0. The second-order valence-electron chi connectivity index (χ2n) is 8.30. The molecule has 2 aliphatic rings. The van der Waals surface area contributed by atoms with E-state index >= 15 is 0 Å². The number of nitrogens with two attached hydrogens (primary N) is 1. The Morgan fingerprint density at radius 3 is 2.76 bits per heavy atom. The summed E-state index contributed by atoms with van der Waals surface area (Å²) in [6.07, 6.45) is 9.08. The largest absolute Gasteiger partial charge is 0.355 e. The van der Waals surface area contributed by atoms with E-state index in [2.05, 4.69) is 20.1 Å². The monoisotopic (exact) mass is 430 g/mol. The van der Waals surface area contributed by atoms with Gasteiger partial charge in [-0.3, -0.25) is 5.10 Å². The molecule has 1 aliphatic heterocycles. The minimum absolute atomic E-state index is 0.315. The molecule has 0 radical (unpaired) electrons. The third kappa shape index (κ3) is 3.27. The van der Waals surface area contributed by atoms with Crippen LogP contribution in [0.5, 0.6) is 0 Å². The summed E-state index contributed by atoms with van der Waals surface area (Å²) in [4.78, 5) is 11.7. The lowest BCUT2D eigenvalue weighted by molar-refractivity contribution is 0.113. The molecule has 5 rings (SSSR count). The van der Waals surface area contributed by atoms with Crippen molar-refractivity contribution in [1.29, 1.82) is 0 Å². The number of H-pyrrole nitrogens is 1. The van der Waals surface area contributed by atoms with E-state index in [1.807, 2.05) is 18.3 Å². The van der Waals surface area contributed by atoms with Crippen LogP contribution >= 0.6 is 23.2 Å². The predicted octanol–water partition coefficient (Wildman–Crippen LogP) is 4.81. The fourth-order valence-corrected chi connectivity index (χ4v) is 5.35. The minimum Gasteiger partial charge on any atom is -0.355 e. The molecule has 1 aliphatic carbocycles. The quantitative estimate of drug-likeness (QED) is 0.608. The molecule has 1 atom stereocenters. The smallest absolute Gasteiger partial charge is 0.202 e. The highest BCUT2D eigenvalue weighted by molar-refractivity contribution is 6.43. The van der Waals surface area contributed by atoms with Gasteiger partial charge in [-0.2, -0.15) is 5.10 Å². The fraction of sp³-hybridized carbons (Fsp3) is 0.476. The van der Waals surface area contributed by atoms with Crippen LogP contribution in [0.4, 0.5) is 5.82 Å². The van der Waals surface area contributed by atoms with Gasteiger partial charge in [0.15, 0.2) is 0 Å². The number of anilines is 1. The maximum absolute atomic E-state index is 6.50. The standard InChI is InChI=1S/C21H24Cl2N6/c22-14-5-3-4-13(17(14)23)18-19-20(28-27-18)26-16(12-25-19)29-10-8-21(9-11-29)7-2-1-6-15(21)24/h3-5,12,15H,1-2,6-11,24H2,(H,26,27,28)/t15-/m1/s1. The summed E-state index contributed by atoms with van der Waals surface area (Å²) in [5, 5.41) is 8.38. The minimum atomic E-state index is 0.315. The first kappa shape index (κ1) is 19.1. The molecule has 6 nitrogen and oxygen atoms in total. The lowest BCUT2D eigenvalue weighted by atomic mass is 9.65. The van der Waals surface area contributed by atoms with Crippen LogP contribution in [0.3, 0.4) is 0 Å². The number of hydrogen-bond donors (Lipinski definition) is 2. The molecule has 1 aromatic carbocycles. The van der Waals surface area contributed by atoms with E-state index < -0.39 is 0 Å². The number of piperidine rings is 1. The third-order valence-corrected chi connectivity index (χ3v) is 7.60. The average Bonchev–Trinajstić information content (AvgIpc) is 3.16. The number of aromatic nitrogens is 4. The lowest BCUT2D eigenvalue weighted by Gasteiger charge is -2.48. The number of fused-ring (bicyclic) bond motifs is 1. The molecule has 29 heavy (non-hydrogen) atoms. The van der Waals surface area contributed by atoms with Crippen molar-refractivity contribution in [2.24, 2.45) is 11.1 Å². The number of halogens is 2. The van der Waals surface area contributed by atoms with Crippen LogP contribution in [0.15, 0.2) is 24.4 Å². The van der Waals surface area contributed by atoms with Gasteiger partial charge in [0, 0.05) is 24.7 Å². The van der Waals surface area contributed by atoms with Gasteiger partial charge < -0.3 is 10.6 Å². The van der Waals surface area contributed by atoms with Gasteiger partial charge in [-0.05, 0) is 37.2 Å². The van der Waals surface area contributed by atoms with Gasteiger partial charge in [0.2, 0.25) is 5.65 Å². The normalized spacial score (nSPS) is 21.8. The van der Waals surface area contributed by atoms with Crippen molar-refractivity contribution >= 4 is 40.2 Å². The maximum atomic E-state index is 6.50. The number of nitrogens with zero attached hydrogens (tertiary/aromatic N) is 4. The molecule has 3 aromatic rings. The Kier molecular flexibility index (Phi) is 4.88. The molecule has 3 N–H and O–H groups in total. The van der Waals surface area contributed by atoms with Crippen molar-refractivity contribution in [1.82, 2.24) is 20.2 Å². The Morgan fingerprint density at radius 2 is 1.97 bits per heavy atom. The first-order chi connectivity index (χ1) is 14.1. The predicted molar refractivity (Wildman–Crippen MR) is 117 cm³/mol. The Labute approximate surface area is 179 Å². The van der Waals surface area contributed by atoms with Crippen LogP contribution in [0.2, 0.25) is 10.0 Å². The van der Waals surface area contributed by atoms with Crippen molar-refractivity contribution in [2.45, 2.75) is 44.6 Å². The van der Waals surface area contributed by atoms with Crippen LogP contribution < -0.4 is 10.6 Å². The summed E-state index contributed by atoms with van der Waals surface area (Å²) in [6, 6.07) is 5.85. The molecule has 0 amide bonds. The van der Waals surface area contributed by atoms with E-state index in [0.29, 0.717) is 32.7 Å². The molecule has 2 fully saturated rings. The Hall–Kier alpha value is -1.89. The van der Waals surface area contributed by atoms with Gasteiger partial charge in [0.1, 0.15) is 11.3 Å². The van der Waals surface area contributed by atoms with E-state index in [9.17, 15) is 0 Å². The highest BCUT2D eigenvalue weighted by atomic mass is 35.5. The number of hydrogen-bond acceptors (Lipinski definition) is 5. The van der Waals surface area contributed by atoms with E-state index in [0.717, 1.165) is 49.4 Å². The molecule has 152 valence electrons. The van der Waals surface area contributed by atoms with Gasteiger partial charge >= 0.3 is 0 Å². The summed E-state index contributed by atoms with van der Waals surface area (Å²) >= 11 is 12.5. The van der Waals surface area contributed by atoms with Crippen molar-refractivity contribution < 1.29 is 0 Å². The van der Waals surface area contributed by atoms with Crippen LogP contribution in [-0.4, -0.2) is 39.3 Å². The van der Waals surface area contributed by atoms with Crippen molar-refractivity contribution in [2.75, 3.05) is 18.0 Å². The molecule has 1 saturated heterocycles. The molecule has 1 spiro atoms. The summed E-state index contributed by atoms with van der Waals surface area (Å²) in [5.41, 5.74) is 9.61. The number of aromatic amines is 1. The topological polar surface area (TPSA) is 83.7 Å². The Balaban J connectivity index is 1.40. The molecule has 3 heterocycles. The molecule has 0 bridgehead atoms. The average molecular weight is 431 g/mol. The van der Waals surface area contributed by atoms with Crippen molar-refractivity contribution in [3.63, 3.8) is 0 Å². The third-order valence-electron chi connectivity index (χ3n) is 6.78. The van der Waals surface area contributed by atoms with E-state index in [1.165, 1.54) is 19.3 Å². The highest BCUT2D eigenvalue weighted by Gasteiger charge is 2.41. The summed E-state index contributed by atoms with van der Waals surface area (Å²) in [6.45, 7) is 1.93. The molecule has 2 aromatic heterocycles. The molecule has 1 saturated carbocycles. The van der Waals surface area contributed by atoms with Gasteiger partial charge in [-0.25, -0.2) is 9.97 Å². The van der Waals surface area contributed by atoms with Crippen LogP contribution in [0, 0.1) is 5.41 Å². The van der Waals surface area contributed by atoms with Gasteiger partial charge in [-0.15, -0.1) is 0 Å². The summed E-state index contributed by atoms with van der Waals surface area (Å²) < 4.78 is 0. The van der Waals surface area contributed by atoms with Crippen LogP contribution in [-0.2, 0) is 0 Å². The van der Waals surface area contributed by atoms with Crippen molar-refractivity contribution in [3.05, 3.63) is 34.4 Å². The van der Waals surface area contributed by atoms with Gasteiger partial charge in [-0.1, -0.05) is 48.2 Å². The maximum Gasteiger partial charge on any atom is 0.202 e. The zero-order valence-corrected chi connectivity index (χ0v) is 17.7. The number of benzene rings is 1. The zero-order chi connectivity index (χ0) is 20.0. The SMILES string of the molecule is N[C@@H]1CCCCC12CCN(c1cnc3c(-c4cccc(Cl)c4Cl)[nH]nc3n1)CC2. The fourth-order valence-electron chi connectivity index (χ4n) is 4.96. The molecule has 8 heteroatoms. The number of rotatable bonds is 2. The van der Waals surface area contributed by atoms with E-state index in [-0.39, 0.29) is 0 Å². The summed E-state index contributed by atoms with van der Waals surface area (Å²) in [7, 11) is 0. The van der Waals surface area contributed by atoms with Gasteiger partial charge in [0.05, 0.1) is 21.9 Å². The van der Waals surface area contributed by atoms with Crippen LogP contribution in [0.1, 0.15) is 38.5 Å². The lowest BCUT2D eigenvalue weighted by Crippen LogP contribution is -2.51. The highest BCUT2D eigenvalue weighted by Crippen LogP contribution is 2.44. The van der Waals surface area contributed by atoms with Gasteiger partial charge in [0.25, 0.3) is 0 Å². The first-order valence-electron chi connectivity index (χ1n) is 10.2. The van der Waals surface area contributed by atoms with Crippen molar-refractivity contribution in [3.8, 4) is 11.3 Å².